The first kappa shape index (κ1) is 9.66. The minimum atomic E-state index is -0.523. The molecule has 0 saturated heterocycles. The molecule has 4 rings (SSSR count). The SMILES string of the molecule is C1=CC2(C=Nc3ccccc32)Oc2ccccc21. The molecular formula is C16H11NO. The topological polar surface area (TPSA) is 21.6 Å². The molecule has 2 heteroatoms. The maximum atomic E-state index is 6.17. The molecule has 0 aromatic heterocycles. The van der Waals surface area contributed by atoms with Crippen LogP contribution in [0.15, 0.2) is 59.6 Å². The smallest absolute Gasteiger partial charge is 0.190 e. The molecule has 0 radical (unpaired) electrons. The third kappa shape index (κ3) is 1.20. The summed E-state index contributed by atoms with van der Waals surface area (Å²) >= 11 is 0. The Bertz CT molecular complexity index is 687. The molecule has 0 N–H and O–H groups in total. The Labute approximate surface area is 105 Å². The summed E-state index contributed by atoms with van der Waals surface area (Å²) < 4.78 is 6.17. The summed E-state index contributed by atoms with van der Waals surface area (Å²) in [5.74, 6) is 0.906. The molecule has 2 aromatic carbocycles. The lowest BCUT2D eigenvalue weighted by atomic mass is 9.92. The standard InChI is InChI=1S/C16H11NO/c1-4-8-15-12(5-1)9-10-16(18-15)11-17-14-7-3-2-6-13(14)16/h1-11H. The largest absolute Gasteiger partial charge is 0.472 e. The van der Waals surface area contributed by atoms with E-state index in [4.69, 9.17) is 4.74 Å². The van der Waals surface area contributed by atoms with Crippen molar-refractivity contribution in [3.63, 3.8) is 0 Å². The lowest BCUT2D eigenvalue weighted by Gasteiger charge is -2.29. The van der Waals surface area contributed by atoms with Crippen LogP contribution in [0.3, 0.4) is 0 Å². The monoisotopic (exact) mass is 233 g/mol. The molecular weight excluding hydrogens is 222 g/mol. The predicted molar refractivity (Wildman–Crippen MR) is 72.4 cm³/mol. The Morgan fingerprint density at radius 3 is 2.78 bits per heavy atom. The fraction of sp³-hybridized carbons (Fsp3) is 0.0625. The number of ether oxygens (including phenoxy) is 1. The number of rotatable bonds is 0. The third-order valence-corrected chi connectivity index (χ3v) is 3.43. The summed E-state index contributed by atoms with van der Waals surface area (Å²) in [6.45, 7) is 0. The predicted octanol–water partition coefficient (Wildman–Crippen LogP) is 3.70. The zero-order chi connectivity index (χ0) is 12.0. The molecule has 1 unspecified atom stereocenters. The van der Waals surface area contributed by atoms with Crippen LogP contribution in [0.4, 0.5) is 5.69 Å². The highest BCUT2D eigenvalue weighted by Gasteiger charge is 2.38. The van der Waals surface area contributed by atoms with Gasteiger partial charge in [-0.25, -0.2) is 0 Å². The second-order valence-electron chi connectivity index (χ2n) is 4.54. The molecule has 2 heterocycles. The number of nitrogens with zero attached hydrogens (tertiary/aromatic N) is 1. The quantitative estimate of drug-likeness (QED) is 0.679. The van der Waals surface area contributed by atoms with Crippen LogP contribution in [0.1, 0.15) is 11.1 Å². The summed E-state index contributed by atoms with van der Waals surface area (Å²) in [6, 6.07) is 16.2. The van der Waals surface area contributed by atoms with E-state index in [1.165, 1.54) is 0 Å². The van der Waals surface area contributed by atoms with E-state index < -0.39 is 5.60 Å². The Morgan fingerprint density at radius 2 is 1.78 bits per heavy atom. The van der Waals surface area contributed by atoms with Crippen molar-refractivity contribution in [1.82, 2.24) is 0 Å². The summed E-state index contributed by atoms with van der Waals surface area (Å²) in [5, 5.41) is 0. The van der Waals surface area contributed by atoms with E-state index in [-0.39, 0.29) is 0 Å². The first-order valence-corrected chi connectivity index (χ1v) is 5.99. The van der Waals surface area contributed by atoms with Crippen molar-refractivity contribution in [3.05, 3.63) is 65.7 Å². The Balaban J connectivity index is 1.89. The first-order valence-electron chi connectivity index (χ1n) is 5.99. The highest BCUT2D eigenvalue weighted by molar-refractivity contribution is 5.88. The minimum Gasteiger partial charge on any atom is -0.472 e. The molecule has 1 spiro atoms. The van der Waals surface area contributed by atoms with Gasteiger partial charge in [0.05, 0.1) is 11.9 Å². The summed E-state index contributed by atoms with van der Waals surface area (Å²) in [7, 11) is 0. The van der Waals surface area contributed by atoms with Crippen molar-refractivity contribution in [1.29, 1.82) is 0 Å². The zero-order valence-electron chi connectivity index (χ0n) is 9.71. The van der Waals surface area contributed by atoms with Gasteiger partial charge in [-0.1, -0.05) is 42.5 Å². The molecule has 18 heavy (non-hydrogen) atoms. The molecule has 86 valence electrons. The van der Waals surface area contributed by atoms with Gasteiger partial charge in [0.15, 0.2) is 5.60 Å². The highest BCUT2D eigenvalue weighted by atomic mass is 16.5. The van der Waals surface area contributed by atoms with Gasteiger partial charge >= 0.3 is 0 Å². The van der Waals surface area contributed by atoms with Crippen molar-refractivity contribution < 1.29 is 4.74 Å². The number of benzene rings is 2. The number of aliphatic imine (C=N–C) groups is 1. The minimum absolute atomic E-state index is 0.523. The van der Waals surface area contributed by atoms with Crippen LogP contribution in [0, 0.1) is 0 Å². The van der Waals surface area contributed by atoms with Gasteiger partial charge in [-0.15, -0.1) is 0 Å². The summed E-state index contributed by atoms with van der Waals surface area (Å²) in [6.07, 6.45) is 6.06. The fourth-order valence-corrected chi connectivity index (χ4v) is 2.51. The van der Waals surface area contributed by atoms with E-state index in [0.29, 0.717) is 0 Å². The molecule has 0 fully saturated rings. The second kappa shape index (κ2) is 3.33. The average molecular weight is 233 g/mol. The van der Waals surface area contributed by atoms with E-state index in [2.05, 4.69) is 29.3 Å². The molecule has 2 nitrogen and oxygen atoms in total. The van der Waals surface area contributed by atoms with Crippen molar-refractivity contribution in [2.75, 3.05) is 0 Å². The molecule has 0 saturated carbocycles. The van der Waals surface area contributed by atoms with Gasteiger partial charge in [0.2, 0.25) is 0 Å². The zero-order valence-corrected chi connectivity index (χ0v) is 9.71. The number of para-hydroxylation sites is 2. The lowest BCUT2D eigenvalue weighted by molar-refractivity contribution is 0.199. The van der Waals surface area contributed by atoms with Crippen LogP contribution < -0.4 is 4.74 Å². The van der Waals surface area contributed by atoms with E-state index >= 15 is 0 Å². The van der Waals surface area contributed by atoms with Crippen molar-refractivity contribution in [2.45, 2.75) is 5.60 Å². The molecule has 2 aromatic rings. The molecule has 0 amide bonds. The number of fused-ring (bicyclic) bond motifs is 3. The normalized spacial score (nSPS) is 22.7. The van der Waals surface area contributed by atoms with E-state index in [1.807, 2.05) is 42.6 Å². The van der Waals surface area contributed by atoms with Gasteiger partial charge in [-0.05, 0) is 18.2 Å². The Morgan fingerprint density at radius 1 is 0.944 bits per heavy atom. The fourth-order valence-electron chi connectivity index (χ4n) is 2.51. The summed E-state index contributed by atoms with van der Waals surface area (Å²) in [4.78, 5) is 4.45. The number of hydrogen-bond donors (Lipinski definition) is 0. The average Bonchev–Trinajstić information content (AvgIpc) is 2.78. The molecule has 0 bridgehead atoms. The van der Waals surface area contributed by atoms with Gasteiger partial charge in [-0.2, -0.15) is 0 Å². The van der Waals surface area contributed by atoms with Gasteiger partial charge in [0, 0.05) is 11.1 Å². The third-order valence-electron chi connectivity index (χ3n) is 3.43. The van der Waals surface area contributed by atoms with E-state index in [0.717, 1.165) is 22.6 Å². The van der Waals surface area contributed by atoms with Crippen LogP contribution in [-0.4, -0.2) is 6.21 Å². The van der Waals surface area contributed by atoms with Crippen LogP contribution in [-0.2, 0) is 5.60 Å². The van der Waals surface area contributed by atoms with Crippen molar-refractivity contribution in [2.24, 2.45) is 4.99 Å². The Hall–Kier alpha value is -2.35. The number of hydrogen-bond acceptors (Lipinski definition) is 2. The van der Waals surface area contributed by atoms with Crippen LogP contribution in [0.2, 0.25) is 0 Å². The first-order chi connectivity index (χ1) is 8.87. The van der Waals surface area contributed by atoms with Gasteiger partial charge < -0.3 is 4.74 Å². The van der Waals surface area contributed by atoms with Crippen LogP contribution in [0.5, 0.6) is 5.75 Å². The molecule has 2 aliphatic heterocycles. The molecule has 1 atom stereocenters. The van der Waals surface area contributed by atoms with E-state index in [1.54, 1.807) is 0 Å². The van der Waals surface area contributed by atoms with Crippen LogP contribution in [0.25, 0.3) is 6.08 Å². The van der Waals surface area contributed by atoms with E-state index in [9.17, 15) is 0 Å². The molecule has 2 aliphatic rings. The van der Waals surface area contributed by atoms with Crippen LogP contribution >= 0.6 is 0 Å². The van der Waals surface area contributed by atoms with Crippen molar-refractivity contribution >= 4 is 18.0 Å². The lowest BCUT2D eigenvalue weighted by Crippen LogP contribution is -2.32. The maximum absolute atomic E-state index is 6.17. The van der Waals surface area contributed by atoms with Gasteiger partial charge in [-0.3, -0.25) is 4.99 Å². The van der Waals surface area contributed by atoms with Gasteiger partial charge in [0.25, 0.3) is 0 Å². The second-order valence-corrected chi connectivity index (χ2v) is 4.54. The highest BCUT2D eigenvalue weighted by Crippen LogP contribution is 2.43. The maximum Gasteiger partial charge on any atom is 0.190 e. The molecule has 0 aliphatic carbocycles. The summed E-state index contributed by atoms with van der Waals surface area (Å²) in [5.41, 5.74) is 2.68. The Kier molecular flexibility index (Phi) is 1.78. The van der Waals surface area contributed by atoms with Gasteiger partial charge in [0.1, 0.15) is 5.75 Å². The van der Waals surface area contributed by atoms with Crippen molar-refractivity contribution in [3.8, 4) is 5.75 Å².